The molecule has 0 aromatic heterocycles. The topological polar surface area (TPSA) is 98.7 Å². The first-order valence-corrected chi connectivity index (χ1v) is 5.02. The van der Waals surface area contributed by atoms with Gasteiger partial charge in [0.1, 0.15) is 6.04 Å². The molecule has 0 saturated carbocycles. The molecule has 1 unspecified atom stereocenters. The number of amides is 2. The molecule has 0 bridgehead atoms. The molecule has 2 amide bonds. The standard InChI is InChI=1S/C10H18N2O4/c1-3-4-7(2)11-10(16)12-8(5-6-13)9(14)15/h3,7-8,13H,1,4-6H2,2H3,(H,14,15)(H2,11,12,16)/t7?,8-/m1/s1. The van der Waals surface area contributed by atoms with Gasteiger partial charge in [-0.1, -0.05) is 6.08 Å². The minimum absolute atomic E-state index is 0.0153. The Morgan fingerprint density at radius 1 is 1.44 bits per heavy atom. The summed E-state index contributed by atoms with van der Waals surface area (Å²) in [5, 5.41) is 22.2. The Labute approximate surface area is 94.3 Å². The van der Waals surface area contributed by atoms with Gasteiger partial charge in [-0.25, -0.2) is 9.59 Å². The van der Waals surface area contributed by atoms with Crippen LogP contribution in [0.3, 0.4) is 0 Å². The van der Waals surface area contributed by atoms with Crippen LogP contribution < -0.4 is 10.6 Å². The predicted molar refractivity (Wildman–Crippen MR) is 59.1 cm³/mol. The molecule has 0 radical (unpaired) electrons. The van der Waals surface area contributed by atoms with Crippen molar-refractivity contribution in [3.63, 3.8) is 0 Å². The van der Waals surface area contributed by atoms with E-state index < -0.39 is 18.0 Å². The summed E-state index contributed by atoms with van der Waals surface area (Å²) < 4.78 is 0. The fourth-order valence-electron chi connectivity index (χ4n) is 1.12. The average Bonchev–Trinajstić information content (AvgIpc) is 2.16. The molecule has 2 atom stereocenters. The van der Waals surface area contributed by atoms with Crippen molar-refractivity contribution >= 4 is 12.0 Å². The van der Waals surface area contributed by atoms with Gasteiger partial charge in [0, 0.05) is 19.1 Å². The normalized spacial score (nSPS) is 13.6. The maximum Gasteiger partial charge on any atom is 0.326 e. The van der Waals surface area contributed by atoms with Gasteiger partial charge in [0.2, 0.25) is 0 Å². The third-order valence-electron chi connectivity index (χ3n) is 1.92. The number of aliphatic hydroxyl groups is 1. The Bertz CT molecular complexity index is 255. The molecule has 16 heavy (non-hydrogen) atoms. The summed E-state index contributed by atoms with van der Waals surface area (Å²) in [6.07, 6.45) is 2.25. The molecular weight excluding hydrogens is 212 g/mol. The third kappa shape index (κ3) is 6.02. The molecule has 0 aliphatic carbocycles. The number of aliphatic hydroxyl groups excluding tert-OH is 1. The van der Waals surface area contributed by atoms with E-state index in [0.29, 0.717) is 6.42 Å². The predicted octanol–water partition coefficient (Wildman–Crippen LogP) is 0.0858. The zero-order valence-electron chi connectivity index (χ0n) is 9.27. The summed E-state index contributed by atoms with van der Waals surface area (Å²) in [5.41, 5.74) is 0. The van der Waals surface area contributed by atoms with Crippen molar-refractivity contribution < 1.29 is 19.8 Å². The summed E-state index contributed by atoms with van der Waals surface area (Å²) in [7, 11) is 0. The van der Waals surface area contributed by atoms with E-state index in [9.17, 15) is 9.59 Å². The van der Waals surface area contributed by atoms with Gasteiger partial charge in [-0.2, -0.15) is 0 Å². The zero-order valence-corrected chi connectivity index (χ0v) is 9.27. The minimum Gasteiger partial charge on any atom is -0.480 e. The van der Waals surface area contributed by atoms with Gasteiger partial charge in [0.15, 0.2) is 0 Å². The van der Waals surface area contributed by atoms with E-state index in [0.717, 1.165) is 0 Å². The van der Waals surface area contributed by atoms with Crippen molar-refractivity contribution in [3.05, 3.63) is 12.7 Å². The second-order valence-corrected chi connectivity index (χ2v) is 3.45. The molecule has 6 heteroatoms. The fraction of sp³-hybridized carbons (Fsp3) is 0.600. The molecule has 0 rings (SSSR count). The first kappa shape index (κ1) is 14.4. The lowest BCUT2D eigenvalue weighted by Crippen LogP contribution is -2.48. The number of hydrogen-bond acceptors (Lipinski definition) is 3. The minimum atomic E-state index is -1.17. The first-order valence-electron chi connectivity index (χ1n) is 5.02. The van der Waals surface area contributed by atoms with E-state index in [1.54, 1.807) is 13.0 Å². The highest BCUT2D eigenvalue weighted by Gasteiger charge is 2.19. The number of nitrogens with one attached hydrogen (secondary N) is 2. The van der Waals surface area contributed by atoms with Crippen LogP contribution in [0.15, 0.2) is 12.7 Å². The maximum absolute atomic E-state index is 11.3. The van der Waals surface area contributed by atoms with Crippen LogP contribution in [0.4, 0.5) is 4.79 Å². The zero-order chi connectivity index (χ0) is 12.6. The molecule has 4 N–H and O–H groups in total. The van der Waals surface area contributed by atoms with Crippen LogP contribution in [0.1, 0.15) is 19.8 Å². The molecule has 0 aromatic carbocycles. The Hall–Kier alpha value is -1.56. The smallest absolute Gasteiger partial charge is 0.326 e. The third-order valence-corrected chi connectivity index (χ3v) is 1.92. The number of urea groups is 1. The molecule has 92 valence electrons. The average molecular weight is 230 g/mol. The van der Waals surface area contributed by atoms with E-state index in [4.69, 9.17) is 10.2 Å². The van der Waals surface area contributed by atoms with Crippen molar-refractivity contribution in [3.8, 4) is 0 Å². The lowest BCUT2D eigenvalue weighted by Gasteiger charge is -2.16. The van der Waals surface area contributed by atoms with Crippen molar-refractivity contribution in [1.82, 2.24) is 10.6 Å². The SMILES string of the molecule is C=CCC(C)NC(=O)N[C@H](CCO)C(=O)O. The number of aliphatic carboxylic acids is 1. The number of carboxylic acids is 1. The van der Waals surface area contributed by atoms with Gasteiger partial charge in [-0.05, 0) is 13.3 Å². The van der Waals surface area contributed by atoms with Gasteiger partial charge in [-0.15, -0.1) is 6.58 Å². The van der Waals surface area contributed by atoms with Crippen LogP contribution in [0.25, 0.3) is 0 Å². The Balaban J connectivity index is 4.08. The summed E-state index contributed by atoms with van der Waals surface area (Å²) >= 11 is 0. The number of carboxylic acid groups (broad SMARTS) is 1. The van der Waals surface area contributed by atoms with Gasteiger partial charge in [0.25, 0.3) is 0 Å². The lowest BCUT2D eigenvalue weighted by atomic mass is 10.2. The largest absolute Gasteiger partial charge is 0.480 e. The van der Waals surface area contributed by atoms with Gasteiger partial charge >= 0.3 is 12.0 Å². The highest BCUT2D eigenvalue weighted by Crippen LogP contribution is 1.93. The Morgan fingerprint density at radius 2 is 2.06 bits per heavy atom. The Morgan fingerprint density at radius 3 is 2.50 bits per heavy atom. The molecule has 0 spiro atoms. The highest BCUT2D eigenvalue weighted by molar-refractivity contribution is 5.82. The molecule has 0 fully saturated rings. The molecule has 6 nitrogen and oxygen atoms in total. The second-order valence-electron chi connectivity index (χ2n) is 3.45. The van der Waals surface area contributed by atoms with E-state index >= 15 is 0 Å². The Kier molecular flexibility index (Phi) is 6.95. The lowest BCUT2D eigenvalue weighted by molar-refractivity contribution is -0.139. The molecule has 0 aromatic rings. The molecule has 0 heterocycles. The monoisotopic (exact) mass is 230 g/mol. The molecular formula is C10H18N2O4. The first-order chi connectivity index (χ1) is 7.51. The summed E-state index contributed by atoms with van der Waals surface area (Å²) in [5.74, 6) is -1.17. The van der Waals surface area contributed by atoms with Crippen molar-refractivity contribution in [2.24, 2.45) is 0 Å². The van der Waals surface area contributed by atoms with Crippen LogP contribution in [0.2, 0.25) is 0 Å². The number of carbonyl (C=O) groups excluding carboxylic acids is 1. The number of carbonyl (C=O) groups is 2. The van der Waals surface area contributed by atoms with Crippen molar-refractivity contribution in [1.29, 1.82) is 0 Å². The van der Waals surface area contributed by atoms with Crippen LogP contribution in [0.5, 0.6) is 0 Å². The summed E-state index contributed by atoms with van der Waals surface area (Å²) in [6.45, 7) is 5.02. The van der Waals surface area contributed by atoms with Crippen LogP contribution in [-0.4, -0.2) is 40.9 Å². The maximum atomic E-state index is 11.3. The molecule has 0 aliphatic heterocycles. The van der Waals surface area contributed by atoms with Gasteiger partial charge < -0.3 is 20.8 Å². The number of rotatable bonds is 7. The van der Waals surface area contributed by atoms with E-state index in [1.807, 2.05) is 0 Å². The van der Waals surface area contributed by atoms with E-state index in [-0.39, 0.29) is 19.1 Å². The van der Waals surface area contributed by atoms with Gasteiger partial charge in [-0.3, -0.25) is 0 Å². The summed E-state index contributed by atoms with van der Waals surface area (Å²) in [4.78, 5) is 22.0. The quantitative estimate of drug-likeness (QED) is 0.466. The summed E-state index contributed by atoms with van der Waals surface area (Å²) in [6, 6.07) is -1.74. The van der Waals surface area contributed by atoms with Crippen LogP contribution in [-0.2, 0) is 4.79 Å². The van der Waals surface area contributed by atoms with Crippen LogP contribution in [0, 0.1) is 0 Å². The van der Waals surface area contributed by atoms with Crippen molar-refractivity contribution in [2.75, 3.05) is 6.61 Å². The van der Waals surface area contributed by atoms with E-state index in [2.05, 4.69) is 17.2 Å². The van der Waals surface area contributed by atoms with E-state index in [1.165, 1.54) is 0 Å². The van der Waals surface area contributed by atoms with Crippen LogP contribution >= 0.6 is 0 Å². The fourth-order valence-corrected chi connectivity index (χ4v) is 1.12. The van der Waals surface area contributed by atoms with Crippen molar-refractivity contribution in [2.45, 2.75) is 31.8 Å². The number of hydrogen-bond donors (Lipinski definition) is 4. The van der Waals surface area contributed by atoms with Gasteiger partial charge in [0.05, 0.1) is 0 Å². The molecule has 0 saturated heterocycles. The molecule has 0 aliphatic rings. The highest BCUT2D eigenvalue weighted by atomic mass is 16.4. The second kappa shape index (κ2) is 7.70.